The fraction of sp³-hybridized carbons (Fsp3) is 0. The molecule has 0 bridgehead atoms. The van der Waals surface area contributed by atoms with Crippen LogP contribution in [0.4, 0.5) is 17.1 Å². The van der Waals surface area contributed by atoms with Gasteiger partial charge < -0.3 is 4.90 Å². The summed E-state index contributed by atoms with van der Waals surface area (Å²) in [5.74, 6) is 0. The van der Waals surface area contributed by atoms with Crippen LogP contribution < -0.4 is 4.90 Å². The minimum Gasteiger partial charge on any atom is -0.310 e. The molecule has 0 spiro atoms. The summed E-state index contributed by atoms with van der Waals surface area (Å²) in [6, 6.07) is 82.4. The second-order valence-electron chi connectivity index (χ2n) is 15.6. The predicted octanol–water partition coefficient (Wildman–Crippen LogP) is 17.7. The van der Waals surface area contributed by atoms with Crippen molar-refractivity contribution in [1.82, 2.24) is 0 Å². The lowest BCUT2D eigenvalue weighted by Gasteiger charge is -2.29. The highest BCUT2D eigenvalue weighted by Gasteiger charge is 2.21. The average molecular weight is 812 g/mol. The van der Waals surface area contributed by atoms with Crippen molar-refractivity contribution < 1.29 is 0 Å². The zero-order valence-electron chi connectivity index (χ0n) is 33.1. The fourth-order valence-electron chi connectivity index (χ4n) is 9.26. The second kappa shape index (κ2) is 14.8. The van der Waals surface area contributed by atoms with Crippen LogP contribution in [0.15, 0.2) is 224 Å². The first kappa shape index (κ1) is 35.6. The third kappa shape index (κ3) is 6.13. The first-order chi connectivity index (χ1) is 30.2. The summed E-state index contributed by atoms with van der Waals surface area (Å²) in [4.78, 5) is 2.45. The zero-order valence-corrected chi connectivity index (χ0v) is 34.8. The molecule has 0 radical (unpaired) electrons. The molecule has 0 saturated carbocycles. The molecule has 12 rings (SSSR count). The lowest BCUT2D eigenvalue weighted by molar-refractivity contribution is 1.28. The van der Waals surface area contributed by atoms with Crippen molar-refractivity contribution in [3.05, 3.63) is 224 Å². The molecule has 0 aliphatic rings. The molecule has 2 aromatic heterocycles. The predicted molar refractivity (Wildman–Crippen MR) is 266 cm³/mol. The van der Waals surface area contributed by atoms with Crippen LogP contribution in [0.1, 0.15) is 0 Å². The van der Waals surface area contributed by atoms with Crippen LogP contribution in [0, 0.1) is 0 Å². The van der Waals surface area contributed by atoms with E-state index in [1.807, 2.05) is 22.7 Å². The number of para-hydroxylation sites is 1. The van der Waals surface area contributed by atoms with E-state index < -0.39 is 0 Å². The summed E-state index contributed by atoms with van der Waals surface area (Å²) < 4.78 is 5.26. The minimum absolute atomic E-state index is 1.10. The topological polar surface area (TPSA) is 3.24 Å². The summed E-state index contributed by atoms with van der Waals surface area (Å²) in [5.41, 5.74) is 13.0. The number of fused-ring (bicyclic) bond motifs is 7. The fourth-order valence-corrected chi connectivity index (χ4v) is 11.6. The zero-order chi connectivity index (χ0) is 40.3. The van der Waals surface area contributed by atoms with Gasteiger partial charge in [0.05, 0.1) is 5.69 Å². The minimum atomic E-state index is 1.10. The molecule has 2 heterocycles. The van der Waals surface area contributed by atoms with Crippen molar-refractivity contribution in [2.24, 2.45) is 0 Å². The maximum absolute atomic E-state index is 2.45. The third-order valence-corrected chi connectivity index (χ3v) is 14.4. The molecule has 3 heteroatoms. The van der Waals surface area contributed by atoms with E-state index in [9.17, 15) is 0 Å². The van der Waals surface area contributed by atoms with E-state index in [1.54, 1.807) is 0 Å². The lowest BCUT2D eigenvalue weighted by atomic mass is 9.95. The first-order valence-electron chi connectivity index (χ1n) is 20.7. The van der Waals surface area contributed by atoms with Crippen molar-refractivity contribution in [2.45, 2.75) is 0 Å². The highest BCUT2D eigenvalue weighted by molar-refractivity contribution is 7.26. The molecular weight excluding hydrogens is 775 g/mol. The molecule has 0 amide bonds. The van der Waals surface area contributed by atoms with Crippen molar-refractivity contribution in [1.29, 1.82) is 0 Å². The molecule has 0 fully saturated rings. The second-order valence-corrected chi connectivity index (χ2v) is 17.8. The molecular formula is C58H37NS2. The van der Waals surface area contributed by atoms with E-state index in [2.05, 4.69) is 229 Å². The number of rotatable bonds is 7. The lowest BCUT2D eigenvalue weighted by Crippen LogP contribution is -2.11. The van der Waals surface area contributed by atoms with Crippen LogP contribution >= 0.6 is 22.7 Å². The number of thiophene rings is 2. The Hall–Kier alpha value is -7.30. The molecule has 0 saturated heterocycles. The Bertz CT molecular complexity index is 3600. The molecule has 0 unspecified atom stereocenters. The van der Waals surface area contributed by atoms with Gasteiger partial charge in [0.2, 0.25) is 0 Å². The number of hydrogen-bond acceptors (Lipinski definition) is 3. The maximum atomic E-state index is 2.45. The van der Waals surface area contributed by atoms with Crippen LogP contribution in [0.2, 0.25) is 0 Å². The van der Waals surface area contributed by atoms with E-state index >= 15 is 0 Å². The highest BCUT2D eigenvalue weighted by atomic mass is 32.1. The van der Waals surface area contributed by atoms with Crippen LogP contribution in [-0.2, 0) is 0 Å². The van der Waals surface area contributed by atoms with E-state index in [0.717, 1.165) is 17.1 Å². The van der Waals surface area contributed by atoms with Crippen molar-refractivity contribution in [2.75, 3.05) is 4.90 Å². The van der Waals surface area contributed by atoms with Crippen LogP contribution in [0.5, 0.6) is 0 Å². The van der Waals surface area contributed by atoms with E-state index in [0.29, 0.717) is 0 Å². The molecule has 1 nitrogen and oxygen atoms in total. The van der Waals surface area contributed by atoms with Gasteiger partial charge in [-0.25, -0.2) is 0 Å². The van der Waals surface area contributed by atoms with Crippen molar-refractivity contribution in [3.8, 4) is 44.5 Å². The van der Waals surface area contributed by atoms with Gasteiger partial charge in [0.15, 0.2) is 0 Å². The summed E-state index contributed by atoms with van der Waals surface area (Å²) in [6.07, 6.45) is 0. The molecule has 286 valence electrons. The Balaban J connectivity index is 1.02. The highest BCUT2D eigenvalue weighted by Crippen LogP contribution is 2.47. The average Bonchev–Trinajstić information content (AvgIpc) is 3.91. The Morgan fingerprint density at radius 1 is 0.295 bits per heavy atom. The van der Waals surface area contributed by atoms with Crippen LogP contribution in [0.3, 0.4) is 0 Å². The van der Waals surface area contributed by atoms with E-state index in [1.165, 1.54) is 95.6 Å². The van der Waals surface area contributed by atoms with Gasteiger partial charge in [0.1, 0.15) is 0 Å². The molecule has 0 N–H and O–H groups in total. The number of anilines is 3. The monoisotopic (exact) mass is 811 g/mol. The largest absolute Gasteiger partial charge is 0.310 e. The SMILES string of the molecule is c1cc(-c2cccc(N(c3ccc(-c4cccc5ccccc45)cc3)c3ccccc3-c3cccc4sc5ccccc5c34)c2)cc(-c2cccc3c2sc2ccccc23)c1. The number of nitrogens with zero attached hydrogens (tertiary/aromatic N) is 1. The van der Waals surface area contributed by atoms with Gasteiger partial charge in [-0.05, 0) is 104 Å². The molecule has 61 heavy (non-hydrogen) atoms. The third-order valence-electron chi connectivity index (χ3n) is 12.1. The van der Waals surface area contributed by atoms with Crippen molar-refractivity contribution in [3.63, 3.8) is 0 Å². The van der Waals surface area contributed by atoms with Gasteiger partial charge in [0, 0.05) is 57.3 Å². The van der Waals surface area contributed by atoms with Crippen LogP contribution in [-0.4, -0.2) is 0 Å². The van der Waals surface area contributed by atoms with Crippen molar-refractivity contribution >= 4 is 90.9 Å². The molecule has 0 atom stereocenters. The standard InChI is InChI=1S/C58H37NS2/c1-2-20-45-38(14-1)15-11-24-46(45)39-32-34-43(35-33-39)59(53-28-6-3-21-48(53)50-26-13-31-56-57(50)52-23-5-8-30-55(52)60-56)44-19-10-17-41(37-44)40-16-9-18-42(36-40)47-25-12-27-51-49-22-4-7-29-54(49)61-58(47)51/h1-37H. The molecule has 0 aliphatic heterocycles. The first-order valence-corrected chi connectivity index (χ1v) is 22.4. The Morgan fingerprint density at radius 3 is 1.75 bits per heavy atom. The smallest absolute Gasteiger partial charge is 0.0540 e. The number of benzene rings is 10. The molecule has 10 aromatic carbocycles. The number of hydrogen-bond donors (Lipinski definition) is 0. The summed E-state index contributed by atoms with van der Waals surface area (Å²) in [7, 11) is 0. The normalized spacial score (nSPS) is 11.6. The van der Waals surface area contributed by atoms with Gasteiger partial charge in [-0.3, -0.25) is 0 Å². The van der Waals surface area contributed by atoms with Gasteiger partial charge >= 0.3 is 0 Å². The molecule has 12 aromatic rings. The van der Waals surface area contributed by atoms with Gasteiger partial charge in [-0.2, -0.15) is 0 Å². The molecule has 0 aliphatic carbocycles. The summed E-state index contributed by atoms with van der Waals surface area (Å²) >= 11 is 3.75. The van der Waals surface area contributed by atoms with E-state index in [4.69, 9.17) is 0 Å². The summed E-state index contributed by atoms with van der Waals surface area (Å²) in [6.45, 7) is 0. The van der Waals surface area contributed by atoms with E-state index in [-0.39, 0.29) is 0 Å². The maximum Gasteiger partial charge on any atom is 0.0540 e. The quantitative estimate of drug-likeness (QED) is 0.155. The Morgan fingerprint density at radius 2 is 0.869 bits per heavy atom. The van der Waals surface area contributed by atoms with Gasteiger partial charge in [-0.15, -0.1) is 22.7 Å². The Labute approximate surface area is 362 Å². The summed E-state index contributed by atoms with van der Waals surface area (Å²) in [5, 5.41) is 7.75. The Kier molecular flexibility index (Phi) is 8.62. The van der Waals surface area contributed by atoms with Gasteiger partial charge in [0.25, 0.3) is 0 Å². The van der Waals surface area contributed by atoms with Crippen LogP contribution in [0.25, 0.3) is 95.6 Å². The van der Waals surface area contributed by atoms with Gasteiger partial charge in [-0.1, -0.05) is 170 Å².